The van der Waals surface area contributed by atoms with E-state index >= 15 is 0 Å². The van der Waals surface area contributed by atoms with Crippen molar-refractivity contribution in [2.75, 3.05) is 33.4 Å². The molecule has 2 amide bonds. The lowest BCUT2D eigenvalue weighted by Crippen LogP contribution is -2.59. The molecule has 9 nitrogen and oxygen atoms in total. The lowest BCUT2D eigenvalue weighted by molar-refractivity contribution is -0.149. The zero-order chi connectivity index (χ0) is 28.1. The van der Waals surface area contributed by atoms with Crippen LogP contribution >= 0.6 is 0 Å². The van der Waals surface area contributed by atoms with Crippen LogP contribution in [-0.4, -0.2) is 73.0 Å². The maximum Gasteiger partial charge on any atom is 0.407 e. The Morgan fingerprint density at radius 1 is 0.975 bits per heavy atom. The van der Waals surface area contributed by atoms with Gasteiger partial charge in [0.15, 0.2) is 11.6 Å². The second kappa shape index (κ2) is 11.9. The van der Waals surface area contributed by atoms with Gasteiger partial charge in [-0.1, -0.05) is 78.9 Å². The fourth-order valence-electron chi connectivity index (χ4n) is 5.62. The largest absolute Gasteiger partial charge is 0.479 e. The highest BCUT2D eigenvalue weighted by molar-refractivity contribution is 5.90. The van der Waals surface area contributed by atoms with Gasteiger partial charge >= 0.3 is 12.1 Å². The highest BCUT2D eigenvalue weighted by Gasteiger charge is 2.47. The number of amides is 2. The van der Waals surface area contributed by atoms with Crippen LogP contribution < -0.4 is 10.6 Å². The van der Waals surface area contributed by atoms with E-state index in [0.29, 0.717) is 13.1 Å². The maximum absolute atomic E-state index is 13.0. The van der Waals surface area contributed by atoms with Crippen molar-refractivity contribution in [3.8, 4) is 11.1 Å². The highest BCUT2D eigenvalue weighted by Crippen LogP contribution is 2.44. The van der Waals surface area contributed by atoms with Gasteiger partial charge in [0.25, 0.3) is 5.91 Å². The number of aliphatic carboxylic acids is 1. The monoisotopic (exact) mass is 543 g/mol. The number of likely N-dealkylation sites (tertiary alicyclic amines) is 1. The summed E-state index contributed by atoms with van der Waals surface area (Å²) in [4.78, 5) is 39.9. The van der Waals surface area contributed by atoms with Gasteiger partial charge in [-0.15, -0.1) is 0 Å². The van der Waals surface area contributed by atoms with E-state index in [1.807, 2.05) is 71.6 Å². The Kier molecular flexibility index (Phi) is 8.14. The summed E-state index contributed by atoms with van der Waals surface area (Å²) in [6.45, 7) is 1.25. The summed E-state index contributed by atoms with van der Waals surface area (Å²) in [5.41, 5.74) is 4.09. The van der Waals surface area contributed by atoms with E-state index in [-0.39, 0.29) is 32.0 Å². The average molecular weight is 544 g/mol. The number of nitrogens with zero attached hydrogens (tertiary/aromatic N) is 1. The average Bonchev–Trinajstić information content (AvgIpc) is 3.52. The molecule has 3 aromatic rings. The maximum atomic E-state index is 13.0. The van der Waals surface area contributed by atoms with Crippen LogP contribution in [-0.2, 0) is 25.6 Å². The molecule has 40 heavy (non-hydrogen) atoms. The van der Waals surface area contributed by atoms with E-state index in [1.165, 1.54) is 7.11 Å². The standard InChI is InChI=1S/C31H33N3O6/c1-39-27(28(35)33-31(29(36)37)15-16-34(20-31)18-21-9-3-2-4-10-21)17-32-30(38)40-19-26-24-13-7-5-11-22(24)23-12-6-8-14-25(23)26/h2-14,26-27H,15-20H2,1H3,(H,32,38)(H,33,35)(H,36,37). The second-order valence-corrected chi connectivity index (χ2v) is 10.3. The number of rotatable bonds is 10. The molecule has 0 bridgehead atoms. The number of carboxylic acid groups (broad SMARTS) is 1. The van der Waals surface area contributed by atoms with E-state index < -0.39 is 29.6 Å². The highest BCUT2D eigenvalue weighted by atomic mass is 16.5. The van der Waals surface area contributed by atoms with Crippen molar-refractivity contribution >= 4 is 18.0 Å². The molecule has 1 saturated heterocycles. The smallest absolute Gasteiger partial charge is 0.407 e. The van der Waals surface area contributed by atoms with Crippen molar-refractivity contribution in [3.63, 3.8) is 0 Å². The van der Waals surface area contributed by atoms with E-state index in [1.54, 1.807) is 0 Å². The molecule has 0 radical (unpaired) electrons. The van der Waals surface area contributed by atoms with E-state index in [4.69, 9.17) is 9.47 Å². The summed E-state index contributed by atoms with van der Waals surface area (Å²) in [6.07, 6.45) is -1.50. The normalized spacial score (nSPS) is 18.9. The van der Waals surface area contributed by atoms with E-state index in [0.717, 1.165) is 27.8 Å². The number of hydrogen-bond acceptors (Lipinski definition) is 6. The third-order valence-electron chi connectivity index (χ3n) is 7.72. The summed E-state index contributed by atoms with van der Waals surface area (Å²) in [5.74, 6) is -1.79. The van der Waals surface area contributed by atoms with Gasteiger partial charge in [0.05, 0.1) is 6.54 Å². The Hall–Kier alpha value is -4.21. The molecular formula is C31H33N3O6. The first-order valence-corrected chi connectivity index (χ1v) is 13.3. The number of benzene rings is 3. The fourth-order valence-corrected chi connectivity index (χ4v) is 5.62. The number of nitrogens with one attached hydrogen (secondary N) is 2. The van der Waals surface area contributed by atoms with Crippen molar-refractivity contribution in [1.82, 2.24) is 15.5 Å². The number of carbonyl (C=O) groups is 3. The number of alkyl carbamates (subject to hydrolysis) is 1. The molecule has 1 aliphatic carbocycles. The molecule has 0 aromatic heterocycles. The molecule has 2 atom stereocenters. The fraction of sp³-hybridized carbons (Fsp3) is 0.323. The van der Waals surface area contributed by atoms with Crippen LogP contribution in [0.2, 0.25) is 0 Å². The van der Waals surface area contributed by atoms with Crippen LogP contribution in [0.4, 0.5) is 4.79 Å². The minimum atomic E-state index is -1.44. The van der Waals surface area contributed by atoms with Crippen LogP contribution in [0.3, 0.4) is 0 Å². The van der Waals surface area contributed by atoms with Gasteiger partial charge in [0, 0.05) is 32.7 Å². The Morgan fingerprint density at radius 3 is 2.23 bits per heavy atom. The number of fused-ring (bicyclic) bond motifs is 3. The molecule has 5 rings (SSSR count). The minimum absolute atomic E-state index is 0.0868. The van der Waals surface area contributed by atoms with Gasteiger partial charge in [0.1, 0.15) is 6.61 Å². The molecule has 3 aromatic carbocycles. The molecule has 2 unspecified atom stereocenters. The molecule has 9 heteroatoms. The minimum Gasteiger partial charge on any atom is -0.479 e. The van der Waals surface area contributed by atoms with Crippen molar-refractivity contribution < 1.29 is 29.0 Å². The van der Waals surface area contributed by atoms with Crippen LogP contribution in [0, 0.1) is 0 Å². The lowest BCUT2D eigenvalue weighted by atomic mass is 9.98. The predicted molar refractivity (Wildman–Crippen MR) is 149 cm³/mol. The first-order chi connectivity index (χ1) is 19.4. The number of carbonyl (C=O) groups excluding carboxylic acids is 2. The summed E-state index contributed by atoms with van der Waals surface area (Å²) >= 11 is 0. The van der Waals surface area contributed by atoms with Gasteiger partial charge in [-0.05, 0) is 34.2 Å². The zero-order valence-electron chi connectivity index (χ0n) is 22.3. The molecule has 2 aliphatic rings. The molecule has 0 spiro atoms. The summed E-state index contributed by atoms with van der Waals surface area (Å²) < 4.78 is 10.8. The number of hydrogen-bond donors (Lipinski definition) is 3. The quantitative estimate of drug-likeness (QED) is 0.359. The van der Waals surface area contributed by atoms with Crippen LogP contribution in [0.15, 0.2) is 78.9 Å². The molecular weight excluding hydrogens is 510 g/mol. The topological polar surface area (TPSA) is 117 Å². The van der Waals surface area contributed by atoms with Gasteiger partial charge in [-0.25, -0.2) is 9.59 Å². The lowest BCUT2D eigenvalue weighted by Gasteiger charge is -2.28. The van der Waals surface area contributed by atoms with Gasteiger partial charge in [-0.2, -0.15) is 0 Å². The number of methoxy groups -OCH3 is 1. The van der Waals surface area contributed by atoms with Crippen LogP contribution in [0.5, 0.6) is 0 Å². The van der Waals surface area contributed by atoms with Gasteiger partial charge in [0.2, 0.25) is 0 Å². The van der Waals surface area contributed by atoms with Crippen molar-refractivity contribution in [2.24, 2.45) is 0 Å². The third kappa shape index (κ3) is 5.71. The number of ether oxygens (including phenoxy) is 2. The summed E-state index contributed by atoms with van der Waals surface area (Å²) in [6, 6.07) is 25.9. The molecule has 3 N–H and O–H groups in total. The number of carboxylic acids is 1. The van der Waals surface area contributed by atoms with Crippen molar-refractivity contribution in [3.05, 3.63) is 95.6 Å². The summed E-state index contributed by atoms with van der Waals surface area (Å²) in [7, 11) is 1.34. The molecule has 1 heterocycles. The van der Waals surface area contributed by atoms with Crippen molar-refractivity contribution in [2.45, 2.75) is 30.5 Å². The molecule has 0 saturated carbocycles. The van der Waals surface area contributed by atoms with Crippen molar-refractivity contribution in [1.29, 1.82) is 0 Å². The predicted octanol–water partition coefficient (Wildman–Crippen LogP) is 3.39. The Morgan fingerprint density at radius 2 is 1.60 bits per heavy atom. The molecule has 1 aliphatic heterocycles. The van der Waals surface area contributed by atoms with Gasteiger partial charge in [-0.3, -0.25) is 9.69 Å². The first kappa shape index (κ1) is 27.4. The molecule has 1 fully saturated rings. The Balaban J connectivity index is 1.15. The van der Waals surface area contributed by atoms with Crippen LogP contribution in [0.1, 0.15) is 29.0 Å². The second-order valence-electron chi connectivity index (χ2n) is 10.3. The zero-order valence-corrected chi connectivity index (χ0v) is 22.3. The SMILES string of the molecule is COC(CNC(=O)OCC1c2ccccc2-c2ccccc21)C(=O)NC1(C(=O)O)CCN(Cc2ccccc2)C1. The van der Waals surface area contributed by atoms with Crippen LogP contribution in [0.25, 0.3) is 11.1 Å². The Bertz CT molecular complexity index is 1330. The first-order valence-electron chi connectivity index (χ1n) is 13.3. The Labute approximate surface area is 233 Å². The summed E-state index contributed by atoms with van der Waals surface area (Å²) in [5, 5.41) is 15.3. The molecule has 208 valence electrons. The third-order valence-corrected chi connectivity index (χ3v) is 7.72. The van der Waals surface area contributed by atoms with Gasteiger partial charge < -0.3 is 25.2 Å². The van der Waals surface area contributed by atoms with E-state index in [9.17, 15) is 19.5 Å². The van der Waals surface area contributed by atoms with E-state index in [2.05, 4.69) is 22.8 Å².